The first-order valence-electron chi connectivity index (χ1n) is 5.38. The van der Waals surface area contributed by atoms with Crippen molar-refractivity contribution in [3.63, 3.8) is 0 Å². The van der Waals surface area contributed by atoms with Crippen molar-refractivity contribution in [3.05, 3.63) is 36.2 Å². The van der Waals surface area contributed by atoms with Gasteiger partial charge < -0.3 is 14.5 Å². The minimum atomic E-state index is -4.76. The monoisotopic (exact) mass is 286 g/mol. The van der Waals surface area contributed by atoms with Crippen molar-refractivity contribution in [3.8, 4) is 17.1 Å². The van der Waals surface area contributed by atoms with Gasteiger partial charge in [0.25, 0.3) is 0 Å². The van der Waals surface area contributed by atoms with Crippen LogP contribution in [0.25, 0.3) is 11.4 Å². The summed E-state index contributed by atoms with van der Waals surface area (Å²) in [4.78, 5) is 17.8. The molecule has 0 aliphatic rings. The third-order valence-electron chi connectivity index (χ3n) is 2.32. The van der Waals surface area contributed by atoms with Crippen molar-refractivity contribution < 1.29 is 27.4 Å². The van der Waals surface area contributed by atoms with E-state index >= 15 is 0 Å². The number of hydrogen-bond acceptors (Lipinski definition) is 4. The molecule has 5 nitrogen and oxygen atoms in total. The van der Waals surface area contributed by atoms with Gasteiger partial charge in [0.1, 0.15) is 17.3 Å². The van der Waals surface area contributed by atoms with Crippen LogP contribution in [0, 0.1) is 0 Å². The van der Waals surface area contributed by atoms with Crippen molar-refractivity contribution >= 4 is 5.97 Å². The summed E-state index contributed by atoms with van der Waals surface area (Å²) < 4.78 is 44.7. The molecule has 1 aromatic carbocycles. The van der Waals surface area contributed by atoms with E-state index < -0.39 is 12.3 Å². The highest BCUT2D eigenvalue weighted by molar-refractivity contribution is 5.87. The molecule has 2 aromatic rings. The molecule has 0 aliphatic heterocycles. The zero-order chi connectivity index (χ0) is 14.8. The van der Waals surface area contributed by atoms with Crippen molar-refractivity contribution in [2.75, 3.05) is 7.11 Å². The Labute approximate surface area is 111 Å². The Kier molecular flexibility index (Phi) is 3.64. The highest BCUT2D eigenvalue weighted by atomic mass is 19.4. The Morgan fingerprint density at radius 2 is 2.10 bits per heavy atom. The van der Waals surface area contributed by atoms with Gasteiger partial charge in [0, 0.05) is 5.56 Å². The summed E-state index contributed by atoms with van der Waals surface area (Å²) in [5.74, 6) is -0.754. The summed E-state index contributed by atoms with van der Waals surface area (Å²) in [6, 6.07) is 5.24. The van der Waals surface area contributed by atoms with Crippen molar-refractivity contribution in [2.24, 2.45) is 0 Å². The second-order valence-electron chi connectivity index (χ2n) is 3.71. The van der Waals surface area contributed by atoms with Crippen molar-refractivity contribution in [1.82, 2.24) is 9.97 Å². The number of nitrogens with one attached hydrogen (secondary N) is 1. The van der Waals surface area contributed by atoms with Crippen LogP contribution >= 0.6 is 0 Å². The van der Waals surface area contributed by atoms with Crippen LogP contribution in [0.5, 0.6) is 5.75 Å². The van der Waals surface area contributed by atoms with E-state index in [1.54, 1.807) is 0 Å². The number of aromatic nitrogens is 2. The molecule has 1 aromatic heterocycles. The lowest BCUT2D eigenvalue weighted by atomic mass is 10.2. The van der Waals surface area contributed by atoms with Gasteiger partial charge in [-0.05, 0) is 12.1 Å². The Bertz CT molecular complexity index is 622. The number of rotatable bonds is 3. The fourth-order valence-corrected chi connectivity index (χ4v) is 1.52. The third-order valence-corrected chi connectivity index (χ3v) is 2.32. The summed E-state index contributed by atoms with van der Waals surface area (Å²) in [6.07, 6.45) is -3.53. The van der Waals surface area contributed by atoms with E-state index in [9.17, 15) is 18.0 Å². The number of benzene rings is 1. The quantitative estimate of drug-likeness (QED) is 0.881. The smallest absolute Gasteiger partial charge is 0.464 e. The molecule has 0 amide bonds. The SMILES string of the molecule is COC(=O)c1cnc(-c2cccc(OC(F)(F)F)c2)[nH]1. The molecule has 0 radical (unpaired) electrons. The normalized spacial score (nSPS) is 11.2. The highest BCUT2D eigenvalue weighted by Crippen LogP contribution is 2.26. The van der Waals surface area contributed by atoms with Crippen LogP contribution in [0.2, 0.25) is 0 Å². The van der Waals surface area contributed by atoms with Gasteiger partial charge in [-0.15, -0.1) is 13.2 Å². The Balaban J connectivity index is 2.27. The number of ether oxygens (including phenoxy) is 2. The maximum absolute atomic E-state index is 12.1. The lowest BCUT2D eigenvalue weighted by molar-refractivity contribution is -0.274. The number of aromatic amines is 1. The fraction of sp³-hybridized carbons (Fsp3) is 0.167. The van der Waals surface area contributed by atoms with Crippen LogP contribution in [0.3, 0.4) is 0 Å². The van der Waals surface area contributed by atoms with Gasteiger partial charge in [-0.1, -0.05) is 12.1 Å². The van der Waals surface area contributed by atoms with E-state index in [-0.39, 0.29) is 17.3 Å². The number of carbonyl (C=O) groups excluding carboxylic acids is 1. The molecule has 0 unspecified atom stereocenters. The molecule has 0 bridgehead atoms. The molecule has 0 aliphatic carbocycles. The van der Waals surface area contributed by atoms with Crippen molar-refractivity contribution in [1.29, 1.82) is 0 Å². The Morgan fingerprint density at radius 1 is 1.35 bits per heavy atom. The van der Waals surface area contributed by atoms with Gasteiger partial charge >= 0.3 is 12.3 Å². The average Bonchev–Trinajstić information content (AvgIpc) is 2.85. The molecular weight excluding hydrogens is 277 g/mol. The lowest BCUT2D eigenvalue weighted by Gasteiger charge is -2.09. The van der Waals surface area contributed by atoms with Crippen molar-refractivity contribution in [2.45, 2.75) is 6.36 Å². The predicted molar refractivity (Wildman–Crippen MR) is 62.0 cm³/mol. The number of alkyl halides is 3. The van der Waals surface area contributed by atoms with E-state index in [1.807, 2.05) is 0 Å². The third kappa shape index (κ3) is 3.28. The number of carbonyl (C=O) groups is 1. The Hall–Kier alpha value is -2.51. The number of nitrogens with zero attached hydrogens (tertiary/aromatic N) is 1. The van der Waals surface area contributed by atoms with E-state index in [4.69, 9.17) is 0 Å². The molecule has 0 spiro atoms. The van der Waals surface area contributed by atoms with Gasteiger partial charge in [0.2, 0.25) is 0 Å². The largest absolute Gasteiger partial charge is 0.573 e. The molecule has 0 saturated carbocycles. The summed E-state index contributed by atoms with van der Waals surface area (Å²) >= 11 is 0. The van der Waals surface area contributed by atoms with Crippen LogP contribution in [-0.2, 0) is 4.74 Å². The lowest BCUT2D eigenvalue weighted by Crippen LogP contribution is -2.17. The van der Waals surface area contributed by atoms with Crippen LogP contribution < -0.4 is 4.74 Å². The molecule has 0 fully saturated rings. The average molecular weight is 286 g/mol. The molecule has 106 valence electrons. The maximum Gasteiger partial charge on any atom is 0.573 e. The van der Waals surface area contributed by atoms with E-state index in [0.717, 1.165) is 6.07 Å². The van der Waals surface area contributed by atoms with Gasteiger partial charge in [-0.3, -0.25) is 0 Å². The van der Waals surface area contributed by atoms with Crippen LogP contribution in [0.1, 0.15) is 10.5 Å². The van der Waals surface area contributed by atoms with Gasteiger partial charge in [0.15, 0.2) is 0 Å². The summed E-state index contributed by atoms with van der Waals surface area (Å²) in [6.45, 7) is 0. The second kappa shape index (κ2) is 5.24. The summed E-state index contributed by atoms with van der Waals surface area (Å²) in [5.41, 5.74) is 0.451. The fourth-order valence-electron chi connectivity index (χ4n) is 1.52. The van der Waals surface area contributed by atoms with E-state index in [1.165, 1.54) is 31.5 Å². The molecular formula is C12H9F3N2O3. The highest BCUT2D eigenvalue weighted by Gasteiger charge is 2.31. The van der Waals surface area contributed by atoms with Gasteiger partial charge in [-0.25, -0.2) is 9.78 Å². The first-order valence-corrected chi connectivity index (χ1v) is 5.38. The zero-order valence-electron chi connectivity index (χ0n) is 10.2. The predicted octanol–water partition coefficient (Wildman–Crippen LogP) is 2.76. The number of H-pyrrole nitrogens is 1. The van der Waals surface area contributed by atoms with E-state index in [2.05, 4.69) is 19.4 Å². The van der Waals surface area contributed by atoms with Gasteiger partial charge in [0.05, 0.1) is 13.3 Å². The number of esters is 1. The van der Waals surface area contributed by atoms with E-state index in [0.29, 0.717) is 5.56 Å². The first-order chi connectivity index (χ1) is 9.39. The van der Waals surface area contributed by atoms with Gasteiger partial charge in [-0.2, -0.15) is 0 Å². The second-order valence-corrected chi connectivity index (χ2v) is 3.71. The molecule has 20 heavy (non-hydrogen) atoms. The minimum Gasteiger partial charge on any atom is -0.464 e. The van der Waals surface area contributed by atoms with Crippen LogP contribution in [0.4, 0.5) is 13.2 Å². The summed E-state index contributed by atoms with van der Waals surface area (Å²) in [7, 11) is 1.21. The number of hydrogen-bond donors (Lipinski definition) is 1. The Morgan fingerprint density at radius 3 is 2.75 bits per heavy atom. The number of halogens is 3. The topological polar surface area (TPSA) is 64.2 Å². The molecule has 0 saturated heterocycles. The molecule has 2 rings (SSSR count). The minimum absolute atomic E-state index is 0.102. The first kappa shape index (κ1) is 13.9. The maximum atomic E-state index is 12.1. The van der Waals surface area contributed by atoms with Crippen LogP contribution in [-0.4, -0.2) is 29.4 Å². The number of imidazole rings is 1. The van der Waals surface area contributed by atoms with Crippen LogP contribution in [0.15, 0.2) is 30.5 Å². The number of methoxy groups -OCH3 is 1. The molecule has 8 heteroatoms. The zero-order valence-corrected chi connectivity index (χ0v) is 10.2. The molecule has 0 atom stereocenters. The molecule has 1 heterocycles. The summed E-state index contributed by atoms with van der Waals surface area (Å²) in [5, 5.41) is 0. The molecule has 1 N–H and O–H groups in total. The standard InChI is InChI=1S/C12H9F3N2O3/c1-19-11(18)9-6-16-10(17-9)7-3-2-4-8(5-7)20-12(13,14)15/h2-6H,1H3,(H,16,17).